The van der Waals surface area contributed by atoms with Crippen molar-refractivity contribution in [3.8, 4) is 6.07 Å². The summed E-state index contributed by atoms with van der Waals surface area (Å²) in [5, 5.41) is 12.8. The lowest BCUT2D eigenvalue weighted by Gasteiger charge is -2.34. The number of likely N-dealkylation sites (N-methyl/N-ethyl adjacent to an activating group) is 1. The van der Waals surface area contributed by atoms with Crippen LogP contribution in [0.2, 0.25) is 10.0 Å². The van der Waals surface area contributed by atoms with Gasteiger partial charge in [0.15, 0.2) is 0 Å². The van der Waals surface area contributed by atoms with E-state index in [1.165, 1.54) is 23.1 Å². The molecule has 0 bridgehead atoms. The fourth-order valence-corrected chi connectivity index (χ4v) is 5.98. The number of anilines is 1. The molecule has 3 aromatic carbocycles. The number of imide groups is 1. The Balaban J connectivity index is 1.46. The summed E-state index contributed by atoms with van der Waals surface area (Å²) in [5.41, 5.74) is 1.26. The lowest BCUT2D eigenvalue weighted by Crippen LogP contribution is -2.54. The fraction of sp³-hybridized carbons (Fsp3) is 0.241. The third-order valence-electron chi connectivity index (χ3n) is 7.38. The van der Waals surface area contributed by atoms with E-state index in [-0.39, 0.29) is 24.7 Å². The summed E-state index contributed by atoms with van der Waals surface area (Å²) in [7, 11) is 1.60. The number of halogens is 2. The van der Waals surface area contributed by atoms with Gasteiger partial charge in [-0.15, -0.1) is 0 Å². The van der Waals surface area contributed by atoms with E-state index in [9.17, 15) is 19.6 Å². The smallest absolute Gasteiger partial charge is 0.332 e. The number of nitrogens with one attached hydrogen (secondary N) is 1. The lowest BCUT2D eigenvalue weighted by molar-refractivity contribution is -0.126. The highest BCUT2D eigenvalue weighted by molar-refractivity contribution is 6.35. The number of amides is 4. The largest absolute Gasteiger partial charge is 0.351 e. The normalized spacial score (nSPS) is 21.0. The molecule has 2 heterocycles. The number of benzene rings is 3. The Bertz CT molecular complexity index is 1450. The van der Waals surface area contributed by atoms with Gasteiger partial charge in [0.2, 0.25) is 5.91 Å². The Morgan fingerprint density at radius 1 is 1.05 bits per heavy atom. The van der Waals surface area contributed by atoms with Crippen molar-refractivity contribution in [3.05, 3.63) is 99.5 Å². The number of urea groups is 1. The van der Waals surface area contributed by atoms with Gasteiger partial charge in [-0.05, 0) is 41.5 Å². The first-order valence-electron chi connectivity index (χ1n) is 12.3. The van der Waals surface area contributed by atoms with Crippen LogP contribution in [0.5, 0.6) is 0 Å². The maximum atomic E-state index is 14.2. The van der Waals surface area contributed by atoms with Gasteiger partial charge in [-0.2, -0.15) is 5.26 Å². The highest BCUT2D eigenvalue weighted by Gasteiger charge is 2.64. The van der Waals surface area contributed by atoms with Gasteiger partial charge in [0.25, 0.3) is 5.91 Å². The molecule has 1 spiro atoms. The molecule has 198 valence electrons. The van der Waals surface area contributed by atoms with Crippen molar-refractivity contribution in [1.82, 2.24) is 15.1 Å². The van der Waals surface area contributed by atoms with Crippen molar-refractivity contribution >= 4 is 46.7 Å². The Hall–Kier alpha value is -3.90. The Morgan fingerprint density at radius 2 is 1.72 bits per heavy atom. The van der Waals surface area contributed by atoms with Gasteiger partial charge in [0.05, 0.1) is 23.9 Å². The minimum Gasteiger partial charge on any atom is -0.351 e. The van der Waals surface area contributed by atoms with Crippen LogP contribution in [0, 0.1) is 11.3 Å². The van der Waals surface area contributed by atoms with Crippen molar-refractivity contribution in [2.24, 2.45) is 0 Å². The first kappa shape index (κ1) is 26.7. The standard InChI is InChI=1S/C29H25Cl2N5O3/c1-34-28(39)36(24-12-22(30)11-23(31)13-24)27(38)29(34)18-35(16-25(29)21-9-7-19(14-32)8-10-21)17-26(37)33-15-20-5-3-2-4-6-20/h2-13,25H,15-18H2,1H3,(H,33,37)/t25-,29+/m0/s1. The molecule has 0 saturated carbocycles. The van der Waals surface area contributed by atoms with E-state index >= 15 is 0 Å². The second-order valence-corrected chi connectivity index (χ2v) is 10.6. The van der Waals surface area contributed by atoms with E-state index in [1.54, 1.807) is 31.3 Å². The number of likely N-dealkylation sites (tertiary alicyclic amines) is 1. The zero-order valence-corrected chi connectivity index (χ0v) is 22.6. The van der Waals surface area contributed by atoms with Gasteiger partial charge in [0, 0.05) is 42.6 Å². The van der Waals surface area contributed by atoms with Crippen LogP contribution < -0.4 is 10.2 Å². The van der Waals surface area contributed by atoms with Crippen LogP contribution in [-0.4, -0.2) is 59.9 Å². The summed E-state index contributed by atoms with van der Waals surface area (Å²) in [5.74, 6) is -1.06. The molecule has 3 aromatic rings. The zero-order chi connectivity index (χ0) is 27.7. The predicted octanol–water partition coefficient (Wildman–Crippen LogP) is 4.42. The maximum Gasteiger partial charge on any atom is 0.332 e. The molecule has 1 N–H and O–H groups in total. The van der Waals surface area contributed by atoms with E-state index in [1.807, 2.05) is 35.2 Å². The lowest BCUT2D eigenvalue weighted by atomic mass is 9.80. The Morgan fingerprint density at radius 3 is 2.36 bits per heavy atom. The van der Waals surface area contributed by atoms with Crippen LogP contribution in [-0.2, 0) is 16.1 Å². The molecule has 0 aliphatic carbocycles. The molecule has 0 radical (unpaired) electrons. The number of carbonyl (C=O) groups excluding carboxylic acids is 3. The number of nitriles is 1. The molecule has 2 aliphatic rings. The van der Waals surface area contributed by atoms with E-state index in [0.29, 0.717) is 28.7 Å². The number of carbonyl (C=O) groups is 3. The van der Waals surface area contributed by atoms with Gasteiger partial charge in [0.1, 0.15) is 5.54 Å². The minimum atomic E-state index is -1.28. The molecule has 10 heteroatoms. The molecule has 4 amide bonds. The van der Waals surface area contributed by atoms with Crippen molar-refractivity contribution in [3.63, 3.8) is 0 Å². The van der Waals surface area contributed by atoms with Crippen molar-refractivity contribution in [1.29, 1.82) is 5.26 Å². The number of rotatable bonds is 6. The van der Waals surface area contributed by atoms with Gasteiger partial charge < -0.3 is 10.2 Å². The Labute approximate surface area is 236 Å². The molecule has 2 atom stereocenters. The molecule has 39 heavy (non-hydrogen) atoms. The maximum absolute atomic E-state index is 14.2. The molecular weight excluding hydrogens is 537 g/mol. The van der Waals surface area contributed by atoms with Crippen LogP contribution in [0.3, 0.4) is 0 Å². The van der Waals surface area contributed by atoms with Crippen LogP contribution in [0.1, 0.15) is 22.6 Å². The minimum absolute atomic E-state index is 0.0552. The van der Waals surface area contributed by atoms with Crippen LogP contribution >= 0.6 is 23.2 Å². The summed E-state index contributed by atoms with van der Waals surface area (Å²) in [4.78, 5) is 45.1. The molecule has 8 nitrogen and oxygen atoms in total. The molecular formula is C29H25Cl2N5O3. The van der Waals surface area contributed by atoms with E-state index < -0.39 is 23.4 Å². The van der Waals surface area contributed by atoms with Crippen LogP contribution in [0.25, 0.3) is 0 Å². The average Bonchev–Trinajstić information content (AvgIpc) is 3.39. The van der Waals surface area contributed by atoms with Crippen LogP contribution in [0.4, 0.5) is 10.5 Å². The van der Waals surface area contributed by atoms with E-state index in [4.69, 9.17) is 23.2 Å². The summed E-state index contributed by atoms with van der Waals surface area (Å²) >= 11 is 12.4. The van der Waals surface area contributed by atoms with Gasteiger partial charge >= 0.3 is 6.03 Å². The third kappa shape index (κ3) is 4.97. The highest BCUT2D eigenvalue weighted by atomic mass is 35.5. The van der Waals surface area contributed by atoms with Gasteiger partial charge in [-0.1, -0.05) is 65.7 Å². The molecule has 5 rings (SSSR count). The second kappa shape index (κ2) is 10.7. The number of nitrogens with zero attached hydrogens (tertiary/aromatic N) is 4. The Kier molecular flexibility index (Phi) is 7.32. The van der Waals surface area contributed by atoms with E-state index in [2.05, 4.69) is 11.4 Å². The predicted molar refractivity (Wildman–Crippen MR) is 148 cm³/mol. The second-order valence-electron chi connectivity index (χ2n) is 9.75. The number of hydrogen-bond donors (Lipinski definition) is 1. The summed E-state index contributed by atoms with van der Waals surface area (Å²) < 4.78 is 0. The van der Waals surface area contributed by atoms with Gasteiger partial charge in [-0.3, -0.25) is 14.5 Å². The molecule has 2 saturated heterocycles. The van der Waals surface area contributed by atoms with Crippen molar-refractivity contribution in [2.75, 3.05) is 31.6 Å². The fourth-order valence-electron chi connectivity index (χ4n) is 5.47. The monoisotopic (exact) mass is 561 g/mol. The summed E-state index contributed by atoms with van der Waals surface area (Å²) in [6, 6.07) is 22.7. The quantitative estimate of drug-likeness (QED) is 0.449. The zero-order valence-electron chi connectivity index (χ0n) is 21.1. The average molecular weight is 562 g/mol. The first-order valence-corrected chi connectivity index (χ1v) is 13.1. The topological polar surface area (TPSA) is 96.8 Å². The van der Waals surface area contributed by atoms with Crippen LogP contribution in [0.15, 0.2) is 72.8 Å². The van der Waals surface area contributed by atoms with Gasteiger partial charge in [-0.25, -0.2) is 9.69 Å². The number of hydrogen-bond acceptors (Lipinski definition) is 5. The molecule has 0 unspecified atom stereocenters. The summed E-state index contributed by atoms with van der Waals surface area (Å²) in [6.45, 7) is 0.957. The highest BCUT2D eigenvalue weighted by Crippen LogP contribution is 2.46. The first-order chi connectivity index (χ1) is 18.7. The molecule has 0 aromatic heterocycles. The third-order valence-corrected chi connectivity index (χ3v) is 7.82. The molecule has 2 aliphatic heterocycles. The van der Waals surface area contributed by atoms with Crippen molar-refractivity contribution in [2.45, 2.75) is 18.0 Å². The van der Waals surface area contributed by atoms with Crippen molar-refractivity contribution < 1.29 is 14.4 Å². The SMILES string of the molecule is CN1C(=O)N(c2cc(Cl)cc(Cl)c2)C(=O)[C@]12CN(CC(=O)NCc1ccccc1)C[C@H]2c1ccc(C#N)cc1. The summed E-state index contributed by atoms with van der Waals surface area (Å²) in [6.07, 6.45) is 0. The van der Waals surface area contributed by atoms with E-state index in [0.717, 1.165) is 16.0 Å². The molecule has 2 fully saturated rings.